The minimum absolute atomic E-state index is 0.00992. The van der Waals surface area contributed by atoms with Gasteiger partial charge < -0.3 is 4.74 Å². The Morgan fingerprint density at radius 3 is 2.00 bits per heavy atom. The van der Waals surface area contributed by atoms with E-state index >= 15 is 0 Å². The number of pyridine rings is 1. The van der Waals surface area contributed by atoms with Crippen molar-refractivity contribution in [2.75, 3.05) is 7.11 Å². The van der Waals surface area contributed by atoms with Gasteiger partial charge in [0, 0.05) is 23.5 Å². The van der Waals surface area contributed by atoms with Crippen LogP contribution in [0.3, 0.4) is 0 Å². The summed E-state index contributed by atoms with van der Waals surface area (Å²) < 4.78 is 5.16. The first kappa shape index (κ1) is 20.1. The monoisotopic (exact) mass is 355 g/mol. The molecule has 26 heavy (non-hydrogen) atoms. The number of aromatic nitrogens is 1. The predicted molar refractivity (Wildman–Crippen MR) is 102 cm³/mol. The minimum atomic E-state index is -1.02. The Morgan fingerprint density at radius 2 is 1.62 bits per heavy atom. The van der Waals surface area contributed by atoms with E-state index in [1.54, 1.807) is 12.4 Å². The molecule has 0 aliphatic heterocycles. The molecule has 4 heteroatoms. The molecule has 1 aliphatic rings. The molecule has 1 aliphatic carbocycles. The van der Waals surface area contributed by atoms with Gasteiger partial charge in [-0.05, 0) is 28.9 Å². The van der Waals surface area contributed by atoms with Gasteiger partial charge in [-0.25, -0.2) is 0 Å². The number of nitrogens with zero attached hydrogens (tertiary/aromatic N) is 1. The van der Waals surface area contributed by atoms with Crippen LogP contribution >= 0.6 is 0 Å². The fraction of sp³-hybridized carbons (Fsp3) is 0.500. The van der Waals surface area contributed by atoms with E-state index in [-0.39, 0.29) is 22.6 Å². The van der Waals surface area contributed by atoms with Crippen LogP contribution in [0.15, 0.2) is 47.8 Å². The summed E-state index contributed by atoms with van der Waals surface area (Å²) in [6, 6.07) is 3.78. The van der Waals surface area contributed by atoms with Crippen LogP contribution < -0.4 is 0 Å². The van der Waals surface area contributed by atoms with Crippen molar-refractivity contribution in [1.29, 1.82) is 0 Å². The maximum Gasteiger partial charge on any atom is 0.319 e. The van der Waals surface area contributed by atoms with Crippen molar-refractivity contribution in [3.8, 4) is 0 Å². The summed E-state index contributed by atoms with van der Waals surface area (Å²) in [6.07, 6.45) is 7.47. The Bertz CT molecular complexity index is 725. The lowest BCUT2D eigenvalue weighted by Crippen LogP contribution is -2.39. The summed E-state index contributed by atoms with van der Waals surface area (Å²) in [4.78, 5) is 30.2. The van der Waals surface area contributed by atoms with Crippen LogP contribution in [-0.2, 0) is 20.7 Å². The number of rotatable bonds is 3. The summed E-state index contributed by atoms with van der Waals surface area (Å²) in [5.41, 5.74) is 0.447. The van der Waals surface area contributed by atoms with Crippen molar-refractivity contribution in [1.82, 2.24) is 4.98 Å². The third kappa shape index (κ3) is 3.95. The Labute approximate surface area is 156 Å². The number of hydrogen-bond acceptors (Lipinski definition) is 4. The number of ether oxygens (including phenoxy) is 1. The van der Waals surface area contributed by atoms with Crippen LogP contribution in [0.25, 0.3) is 0 Å². The molecule has 0 spiro atoms. The SMILES string of the molecule is COC(=O)C1(Cc2cccnc2)C=C(C(C)(C)C)C(=O)C(C(C)(C)C)=C1. The highest BCUT2D eigenvalue weighted by Gasteiger charge is 2.45. The number of esters is 1. The van der Waals surface area contributed by atoms with E-state index in [2.05, 4.69) is 4.98 Å². The second-order valence-electron chi connectivity index (χ2n) is 9.02. The second kappa shape index (κ2) is 6.82. The zero-order chi connectivity index (χ0) is 19.8. The molecule has 0 fully saturated rings. The molecule has 0 atom stereocenters. The normalized spacial score (nSPS) is 17.4. The van der Waals surface area contributed by atoms with E-state index in [4.69, 9.17) is 4.74 Å². The lowest BCUT2D eigenvalue weighted by molar-refractivity contribution is -0.147. The number of allylic oxidation sites excluding steroid dienone is 2. The fourth-order valence-electron chi connectivity index (χ4n) is 3.27. The number of carbonyl (C=O) groups is 2. The highest BCUT2D eigenvalue weighted by Crippen LogP contribution is 2.45. The lowest BCUT2D eigenvalue weighted by Gasteiger charge is -2.37. The van der Waals surface area contributed by atoms with E-state index in [0.29, 0.717) is 17.6 Å². The van der Waals surface area contributed by atoms with Gasteiger partial charge in [0.15, 0.2) is 5.78 Å². The van der Waals surface area contributed by atoms with Crippen LogP contribution in [0.5, 0.6) is 0 Å². The Balaban J connectivity index is 2.73. The van der Waals surface area contributed by atoms with Crippen LogP contribution in [-0.4, -0.2) is 23.8 Å². The number of methoxy groups -OCH3 is 1. The summed E-state index contributed by atoms with van der Waals surface area (Å²) in [7, 11) is 1.39. The topological polar surface area (TPSA) is 56.3 Å². The van der Waals surface area contributed by atoms with Crippen molar-refractivity contribution in [2.24, 2.45) is 16.2 Å². The number of carbonyl (C=O) groups excluding carboxylic acids is 2. The average molecular weight is 355 g/mol. The van der Waals surface area contributed by atoms with E-state index in [1.165, 1.54) is 7.11 Å². The Hall–Kier alpha value is -2.23. The zero-order valence-corrected chi connectivity index (χ0v) is 16.8. The molecule has 1 aromatic heterocycles. The lowest BCUT2D eigenvalue weighted by atomic mass is 9.65. The molecule has 0 aromatic carbocycles. The molecular formula is C22H29NO3. The first-order valence-corrected chi connectivity index (χ1v) is 8.89. The molecule has 1 heterocycles. The standard InChI is InChI=1S/C22H29NO3/c1-20(2,3)16-12-22(19(25)26-7,11-15-9-8-10-23-14-15)13-17(18(16)24)21(4,5)6/h8-10,12-14H,11H2,1-7H3. The molecule has 2 rings (SSSR count). The summed E-state index contributed by atoms with van der Waals surface area (Å²) in [5, 5.41) is 0. The fourth-order valence-corrected chi connectivity index (χ4v) is 3.27. The molecule has 0 saturated carbocycles. The van der Waals surface area contributed by atoms with Gasteiger partial charge in [0.25, 0.3) is 0 Å². The largest absolute Gasteiger partial charge is 0.468 e. The molecule has 0 amide bonds. The summed E-state index contributed by atoms with van der Waals surface area (Å²) in [6.45, 7) is 12.0. The van der Waals surface area contributed by atoms with Gasteiger partial charge >= 0.3 is 5.97 Å². The van der Waals surface area contributed by atoms with Crippen molar-refractivity contribution in [2.45, 2.75) is 48.0 Å². The molecule has 0 radical (unpaired) electrons. The van der Waals surface area contributed by atoms with Crippen molar-refractivity contribution in [3.05, 3.63) is 53.4 Å². The van der Waals surface area contributed by atoms with Gasteiger partial charge in [0.05, 0.1) is 7.11 Å². The van der Waals surface area contributed by atoms with Crippen molar-refractivity contribution >= 4 is 11.8 Å². The first-order valence-electron chi connectivity index (χ1n) is 8.89. The molecule has 0 saturated heterocycles. The number of Topliss-reactive ketones (excluding diaryl/α,β-unsaturated/α-hetero) is 1. The molecule has 0 bridgehead atoms. The van der Waals surface area contributed by atoms with Gasteiger partial charge in [0.1, 0.15) is 5.41 Å². The molecule has 140 valence electrons. The highest BCUT2D eigenvalue weighted by atomic mass is 16.5. The third-order valence-electron chi connectivity index (χ3n) is 4.69. The third-order valence-corrected chi connectivity index (χ3v) is 4.69. The second-order valence-corrected chi connectivity index (χ2v) is 9.02. The van der Waals surface area contributed by atoms with Gasteiger partial charge in [0.2, 0.25) is 0 Å². The predicted octanol–water partition coefficient (Wildman–Crippen LogP) is 4.31. The van der Waals surface area contributed by atoms with E-state index in [0.717, 1.165) is 5.56 Å². The molecule has 0 N–H and O–H groups in total. The van der Waals surface area contributed by atoms with Gasteiger partial charge in [-0.15, -0.1) is 0 Å². The van der Waals surface area contributed by atoms with E-state index in [1.807, 2.05) is 65.8 Å². The minimum Gasteiger partial charge on any atom is -0.468 e. The quantitative estimate of drug-likeness (QED) is 0.758. The molecule has 0 unspecified atom stereocenters. The molecule has 4 nitrogen and oxygen atoms in total. The van der Waals surface area contributed by atoms with Gasteiger partial charge in [-0.3, -0.25) is 14.6 Å². The van der Waals surface area contributed by atoms with Gasteiger partial charge in [-0.1, -0.05) is 59.8 Å². The Kier molecular flexibility index (Phi) is 5.27. The van der Waals surface area contributed by atoms with Crippen LogP contribution in [0.1, 0.15) is 47.1 Å². The van der Waals surface area contributed by atoms with Crippen LogP contribution in [0.2, 0.25) is 0 Å². The molecule has 1 aromatic rings. The van der Waals surface area contributed by atoms with Crippen molar-refractivity contribution in [3.63, 3.8) is 0 Å². The average Bonchev–Trinajstić information content (AvgIpc) is 2.54. The smallest absolute Gasteiger partial charge is 0.319 e. The maximum atomic E-state index is 13.2. The van der Waals surface area contributed by atoms with Gasteiger partial charge in [-0.2, -0.15) is 0 Å². The van der Waals surface area contributed by atoms with Crippen molar-refractivity contribution < 1.29 is 14.3 Å². The zero-order valence-electron chi connectivity index (χ0n) is 16.8. The number of hydrogen-bond donors (Lipinski definition) is 0. The Morgan fingerprint density at radius 1 is 1.08 bits per heavy atom. The summed E-state index contributed by atoms with van der Waals surface area (Å²) in [5.74, 6) is -0.354. The maximum absolute atomic E-state index is 13.2. The first-order chi connectivity index (χ1) is 11.9. The van der Waals surface area contributed by atoms with E-state index in [9.17, 15) is 9.59 Å². The summed E-state index contributed by atoms with van der Waals surface area (Å²) >= 11 is 0. The van der Waals surface area contributed by atoms with Crippen LogP contribution in [0, 0.1) is 16.2 Å². The van der Waals surface area contributed by atoms with E-state index < -0.39 is 5.41 Å². The van der Waals surface area contributed by atoms with Crippen LogP contribution in [0.4, 0.5) is 0 Å². The molecular weight excluding hydrogens is 326 g/mol. The number of ketones is 1. The highest BCUT2D eigenvalue weighted by molar-refractivity contribution is 6.12.